The van der Waals surface area contributed by atoms with Gasteiger partial charge in [0.1, 0.15) is 0 Å². The summed E-state index contributed by atoms with van der Waals surface area (Å²) in [6.07, 6.45) is 23.4. The molecule has 0 fully saturated rings. The van der Waals surface area contributed by atoms with Crippen molar-refractivity contribution in [2.24, 2.45) is 0 Å². The molecule has 0 rings (SSSR count). The molecule has 0 radical (unpaired) electrons. The summed E-state index contributed by atoms with van der Waals surface area (Å²) in [4.78, 5) is 10.3. The van der Waals surface area contributed by atoms with E-state index in [-0.39, 0.29) is 0 Å². The minimum atomic E-state index is -0.675. The van der Waals surface area contributed by atoms with Gasteiger partial charge in [-0.3, -0.25) is 4.79 Å². The van der Waals surface area contributed by atoms with Gasteiger partial charge in [0.15, 0.2) is 0 Å². The fraction of sp³-hybridized carbons (Fsp3) is 0.611. The van der Waals surface area contributed by atoms with Crippen LogP contribution in [-0.2, 0) is 4.79 Å². The van der Waals surface area contributed by atoms with Gasteiger partial charge in [-0.15, -0.1) is 0 Å². The van der Waals surface area contributed by atoms with E-state index < -0.39 is 5.97 Å². The van der Waals surface area contributed by atoms with Crippen molar-refractivity contribution in [3.63, 3.8) is 0 Å². The van der Waals surface area contributed by atoms with Gasteiger partial charge in [0.25, 0.3) is 0 Å². The molecule has 0 unspecified atom stereocenters. The molecule has 0 aliphatic carbocycles. The van der Waals surface area contributed by atoms with E-state index >= 15 is 0 Å². The molecule has 0 saturated carbocycles. The summed E-state index contributed by atoms with van der Waals surface area (Å²) in [6, 6.07) is 0. The lowest BCUT2D eigenvalue weighted by atomic mass is 10.1. The van der Waals surface area contributed by atoms with Crippen molar-refractivity contribution < 1.29 is 9.90 Å². The van der Waals surface area contributed by atoms with Gasteiger partial charge in [-0.25, -0.2) is 0 Å². The fourth-order valence-corrected chi connectivity index (χ4v) is 1.90. The van der Waals surface area contributed by atoms with Crippen LogP contribution in [-0.4, -0.2) is 11.1 Å². The standard InChI is InChI=1S/C18H30O2/c1-2-3-4-5-6-7-8-9-10-11-12-13-14-15-16-17-18(19)20/h3-4,6-7,9-10H,2,5,8,11-17H2,1H3,(H,19,20)/b4-3-,7-6-,10-9-/i18+2. The zero-order chi connectivity index (χ0) is 14.9. The van der Waals surface area contributed by atoms with Gasteiger partial charge in [0.05, 0.1) is 0 Å². The van der Waals surface area contributed by atoms with Crippen molar-refractivity contribution in [1.82, 2.24) is 0 Å². The maximum atomic E-state index is 10.3. The fourth-order valence-electron chi connectivity index (χ4n) is 1.90. The van der Waals surface area contributed by atoms with E-state index in [4.69, 9.17) is 5.11 Å². The number of carboxylic acid groups (broad SMARTS) is 1. The van der Waals surface area contributed by atoms with Crippen LogP contribution in [0.5, 0.6) is 0 Å². The Bertz CT molecular complexity index is 301. The third-order valence-electron chi connectivity index (χ3n) is 3.04. The molecule has 20 heavy (non-hydrogen) atoms. The van der Waals surface area contributed by atoms with Crippen LogP contribution in [0.15, 0.2) is 36.5 Å². The molecule has 0 atom stereocenters. The molecule has 2 nitrogen and oxygen atoms in total. The zero-order valence-corrected chi connectivity index (χ0v) is 12.9. The number of unbranched alkanes of at least 4 members (excludes halogenated alkanes) is 5. The maximum Gasteiger partial charge on any atom is 0.303 e. The van der Waals surface area contributed by atoms with Crippen LogP contribution in [0.4, 0.5) is 0 Å². The summed E-state index contributed by atoms with van der Waals surface area (Å²) < 4.78 is 0. The van der Waals surface area contributed by atoms with Crippen molar-refractivity contribution in [2.75, 3.05) is 0 Å². The third-order valence-corrected chi connectivity index (χ3v) is 3.04. The lowest BCUT2D eigenvalue weighted by Crippen LogP contribution is -1.93. The Morgan fingerprint density at radius 3 is 2.00 bits per heavy atom. The number of rotatable bonds is 13. The van der Waals surface area contributed by atoms with Crippen LogP contribution in [0, 0.1) is 0 Å². The largest absolute Gasteiger partial charge is 0.481 e. The molecular weight excluding hydrogens is 250 g/mol. The monoisotopic (exact) mass is 280 g/mol. The van der Waals surface area contributed by atoms with Crippen LogP contribution in [0.25, 0.3) is 0 Å². The Balaban J connectivity index is 3.23. The lowest BCUT2D eigenvalue weighted by Gasteiger charge is -1.98. The summed E-state index contributed by atoms with van der Waals surface area (Å²) in [6.45, 7) is 2.15. The molecule has 1 N–H and O–H groups in total. The Morgan fingerprint density at radius 1 is 0.800 bits per heavy atom. The van der Waals surface area contributed by atoms with Crippen molar-refractivity contribution in [2.45, 2.75) is 71.1 Å². The van der Waals surface area contributed by atoms with Crippen LogP contribution >= 0.6 is 0 Å². The SMILES string of the molecule is CC/C=C\C/C=C\C/C=C\CCCCCCC[14C](=O)O. The smallest absolute Gasteiger partial charge is 0.303 e. The first kappa shape index (κ1) is 18.7. The summed E-state index contributed by atoms with van der Waals surface area (Å²) >= 11 is 0. The molecular formula is C18H30O2. The first-order valence-corrected chi connectivity index (χ1v) is 7.94. The van der Waals surface area contributed by atoms with E-state index in [9.17, 15) is 4.79 Å². The minimum Gasteiger partial charge on any atom is -0.481 e. The first-order valence-electron chi connectivity index (χ1n) is 7.94. The van der Waals surface area contributed by atoms with E-state index in [1.807, 2.05) is 0 Å². The number of hydrogen-bond donors (Lipinski definition) is 1. The Hall–Kier alpha value is -1.31. The molecule has 0 aromatic rings. The van der Waals surface area contributed by atoms with Gasteiger partial charge in [-0.2, -0.15) is 0 Å². The number of carboxylic acids is 1. The van der Waals surface area contributed by atoms with Crippen LogP contribution < -0.4 is 0 Å². The minimum absolute atomic E-state index is 0.319. The van der Waals surface area contributed by atoms with Crippen LogP contribution in [0.2, 0.25) is 0 Å². The van der Waals surface area contributed by atoms with Crippen molar-refractivity contribution >= 4 is 5.97 Å². The van der Waals surface area contributed by atoms with Gasteiger partial charge in [0.2, 0.25) is 0 Å². The summed E-state index contributed by atoms with van der Waals surface area (Å²) in [5, 5.41) is 8.50. The lowest BCUT2D eigenvalue weighted by molar-refractivity contribution is -0.137. The normalized spacial score (nSPS) is 12.1. The van der Waals surface area contributed by atoms with E-state index in [0.717, 1.165) is 44.9 Å². The molecule has 0 aromatic heterocycles. The average molecular weight is 280 g/mol. The summed E-state index contributed by atoms with van der Waals surface area (Å²) in [5.74, 6) is -0.675. The number of aliphatic carboxylic acids is 1. The van der Waals surface area contributed by atoms with Gasteiger partial charge in [-0.1, -0.05) is 62.6 Å². The number of allylic oxidation sites excluding steroid dienone is 6. The van der Waals surface area contributed by atoms with E-state index in [2.05, 4.69) is 43.4 Å². The van der Waals surface area contributed by atoms with Gasteiger partial charge in [0, 0.05) is 6.42 Å². The number of hydrogen-bond acceptors (Lipinski definition) is 1. The summed E-state index contributed by atoms with van der Waals surface area (Å²) in [5.41, 5.74) is 0. The van der Waals surface area contributed by atoms with Crippen molar-refractivity contribution in [1.29, 1.82) is 0 Å². The maximum absolute atomic E-state index is 10.3. The first-order chi connectivity index (χ1) is 9.77. The molecule has 0 spiro atoms. The predicted molar refractivity (Wildman–Crippen MR) is 86.9 cm³/mol. The predicted octanol–water partition coefficient (Wildman–Crippen LogP) is 5.66. The highest BCUT2D eigenvalue weighted by atomic mass is 16.6. The van der Waals surface area contributed by atoms with Crippen molar-refractivity contribution in [3.8, 4) is 0 Å². The molecule has 0 aromatic carbocycles. The highest BCUT2D eigenvalue weighted by Gasteiger charge is 1.95. The topological polar surface area (TPSA) is 37.3 Å². The van der Waals surface area contributed by atoms with Gasteiger partial charge in [-0.05, 0) is 38.5 Å². The molecule has 0 aliphatic rings. The Labute approximate surface area is 124 Å². The molecule has 0 bridgehead atoms. The van der Waals surface area contributed by atoms with Crippen LogP contribution in [0.3, 0.4) is 0 Å². The molecule has 0 aliphatic heterocycles. The second-order valence-corrected chi connectivity index (χ2v) is 4.99. The average Bonchev–Trinajstić information content (AvgIpc) is 2.43. The highest BCUT2D eigenvalue weighted by Crippen LogP contribution is 2.07. The van der Waals surface area contributed by atoms with E-state index in [1.165, 1.54) is 12.8 Å². The zero-order valence-electron chi connectivity index (χ0n) is 12.9. The highest BCUT2D eigenvalue weighted by molar-refractivity contribution is 5.66. The molecule has 0 amide bonds. The molecule has 114 valence electrons. The van der Waals surface area contributed by atoms with Crippen LogP contribution in [0.1, 0.15) is 71.1 Å². The molecule has 2 heteroatoms. The van der Waals surface area contributed by atoms with Gasteiger partial charge < -0.3 is 5.11 Å². The third kappa shape index (κ3) is 16.7. The Kier molecular flexibility index (Phi) is 14.7. The van der Waals surface area contributed by atoms with E-state index in [0.29, 0.717) is 6.42 Å². The summed E-state index contributed by atoms with van der Waals surface area (Å²) in [7, 11) is 0. The van der Waals surface area contributed by atoms with Gasteiger partial charge >= 0.3 is 5.97 Å². The second kappa shape index (κ2) is 15.7. The molecule has 0 saturated heterocycles. The Morgan fingerprint density at radius 2 is 1.35 bits per heavy atom. The van der Waals surface area contributed by atoms with E-state index in [1.54, 1.807) is 0 Å². The second-order valence-electron chi connectivity index (χ2n) is 4.99. The molecule has 0 heterocycles. The van der Waals surface area contributed by atoms with Crippen molar-refractivity contribution in [3.05, 3.63) is 36.5 Å². The quantitative estimate of drug-likeness (QED) is 0.349. The number of carbonyl (C=O) groups is 1.